The van der Waals surface area contributed by atoms with Crippen molar-refractivity contribution in [1.82, 2.24) is 0 Å². The van der Waals surface area contributed by atoms with Crippen LogP contribution in [0.25, 0.3) is 0 Å². The second-order valence-electron chi connectivity index (χ2n) is 21.6. The fourth-order valence-corrected chi connectivity index (χ4v) is 14.7. The molecular weight excluding hydrogens is 974 g/mol. The van der Waals surface area contributed by atoms with Gasteiger partial charge in [-0.25, -0.2) is 13.7 Å². The molecule has 0 radical (unpaired) electrons. The van der Waals surface area contributed by atoms with E-state index in [1.807, 2.05) is 0 Å². The Morgan fingerprint density at radius 2 is 0.301 bits per heavy atom. The Bertz CT molecular complexity index is 1110. The summed E-state index contributed by atoms with van der Waals surface area (Å²) in [7, 11) is -13.9. The van der Waals surface area contributed by atoms with E-state index < -0.39 is 23.5 Å². The maximum Gasteiger partial charge on any atom is 0.492 e. The summed E-state index contributed by atoms with van der Waals surface area (Å²) in [6, 6.07) is 0. The summed E-state index contributed by atoms with van der Waals surface area (Å²) in [4.78, 5) is 0. The molecule has 0 saturated carbocycles. The number of phosphoric ester groups is 2. The lowest BCUT2D eigenvalue weighted by atomic mass is 10.1. The van der Waals surface area contributed by atoms with Gasteiger partial charge in [0.15, 0.2) is 0 Å². The lowest BCUT2D eigenvalue weighted by Crippen LogP contribution is -2.08. The average Bonchev–Trinajstić information content (AvgIpc) is 3.37. The van der Waals surface area contributed by atoms with E-state index in [2.05, 4.69) is 34.6 Å². The normalized spacial score (nSPS) is 12.5. The highest BCUT2D eigenvalue weighted by molar-refractivity contribution is 7.67. The summed E-state index contributed by atoms with van der Waals surface area (Å²) in [6.07, 6.45) is 56.7. The van der Waals surface area contributed by atoms with Crippen LogP contribution in [0, 0.1) is 0 Å². The molecule has 0 aliphatic carbocycles. The predicted octanol–water partition coefficient (Wildman–Crippen LogP) is 24.0. The van der Waals surface area contributed by atoms with E-state index in [0.717, 1.165) is 96.3 Å². The topological polar surface area (TPSA) is 116 Å². The van der Waals surface area contributed by atoms with Crippen LogP contribution >= 0.6 is 23.5 Å². The van der Waals surface area contributed by atoms with Crippen molar-refractivity contribution in [3.05, 3.63) is 0 Å². The van der Waals surface area contributed by atoms with Crippen LogP contribution in [0.15, 0.2) is 0 Å². The molecule has 13 heteroatoms. The lowest BCUT2D eigenvalue weighted by Gasteiger charge is -2.26. The van der Waals surface area contributed by atoms with E-state index in [1.165, 1.54) is 193 Å². The maximum atomic E-state index is 15.0. The number of rotatable bonds is 64. The Balaban J connectivity index is 6.05. The van der Waals surface area contributed by atoms with Crippen LogP contribution in [-0.4, -0.2) is 33.0 Å². The highest BCUT2D eigenvalue weighted by Gasteiger charge is 2.47. The van der Waals surface area contributed by atoms with Crippen LogP contribution in [0.3, 0.4) is 0 Å². The first kappa shape index (κ1) is 73.4. The Morgan fingerprint density at radius 1 is 0.178 bits per heavy atom. The maximum absolute atomic E-state index is 15.0. The number of unbranched alkanes of at least 4 members (excludes halogenated alkanes) is 45. The average molecular weight is 1100 g/mol. The molecule has 0 aliphatic heterocycles. The van der Waals surface area contributed by atoms with Crippen LogP contribution < -0.4 is 0 Å². The number of hydrogen-bond acceptors (Lipinski definition) is 10. The van der Waals surface area contributed by atoms with Crippen molar-refractivity contribution in [1.29, 1.82) is 0 Å². The first-order valence-electron chi connectivity index (χ1n) is 32.2. The van der Waals surface area contributed by atoms with Crippen LogP contribution in [0.1, 0.15) is 356 Å². The third-order valence-corrected chi connectivity index (χ3v) is 19.8. The van der Waals surface area contributed by atoms with E-state index >= 15 is 0 Å². The Labute approximate surface area is 455 Å². The zero-order valence-electron chi connectivity index (χ0n) is 49.3. The molecule has 10 nitrogen and oxygen atoms in total. The van der Waals surface area contributed by atoms with Gasteiger partial charge in [0.05, 0.1) is 33.0 Å². The molecule has 0 aromatic carbocycles. The van der Waals surface area contributed by atoms with Crippen LogP contribution in [-0.2, 0) is 44.9 Å². The second-order valence-corrected chi connectivity index (χ2v) is 26.9. The fraction of sp³-hybridized carbons (Fsp3) is 1.00. The third-order valence-electron chi connectivity index (χ3n) is 14.1. The van der Waals surface area contributed by atoms with Gasteiger partial charge >= 0.3 is 23.5 Å². The molecule has 0 fully saturated rings. The van der Waals surface area contributed by atoms with Crippen molar-refractivity contribution in [3.63, 3.8) is 0 Å². The molecule has 0 bridgehead atoms. The summed E-state index contributed by atoms with van der Waals surface area (Å²) < 4.78 is 86.0. The minimum absolute atomic E-state index is 0.00154. The van der Waals surface area contributed by atoms with Gasteiger partial charge < -0.3 is 0 Å². The molecule has 0 saturated heterocycles. The van der Waals surface area contributed by atoms with Crippen molar-refractivity contribution in [2.45, 2.75) is 356 Å². The van der Waals surface area contributed by atoms with Crippen molar-refractivity contribution in [2.24, 2.45) is 0 Å². The van der Waals surface area contributed by atoms with Crippen LogP contribution in [0.5, 0.6) is 0 Å². The van der Waals surface area contributed by atoms with Crippen molar-refractivity contribution < 1.29 is 44.9 Å². The number of hydrogen-bond donors (Lipinski definition) is 0. The number of phosphoric acid groups is 3. The molecule has 440 valence electrons. The smallest absolute Gasteiger partial charge is 0.287 e. The quantitative estimate of drug-likeness (QED) is 0.0431. The van der Waals surface area contributed by atoms with Crippen molar-refractivity contribution in [2.75, 3.05) is 33.0 Å². The predicted molar refractivity (Wildman–Crippen MR) is 314 cm³/mol. The summed E-state index contributed by atoms with van der Waals surface area (Å²) >= 11 is 0. The fourth-order valence-electron chi connectivity index (χ4n) is 9.31. The molecule has 0 heterocycles. The third kappa shape index (κ3) is 52.9. The Hall–Kier alpha value is 0.410. The monoisotopic (exact) mass is 1100 g/mol. The zero-order valence-corrected chi connectivity index (χ0v) is 52.0. The van der Waals surface area contributed by atoms with Crippen molar-refractivity contribution in [3.8, 4) is 0 Å². The summed E-state index contributed by atoms with van der Waals surface area (Å²) in [5, 5.41) is 0. The van der Waals surface area contributed by atoms with Gasteiger partial charge in [-0.15, -0.1) is 0 Å². The molecule has 0 spiro atoms. The van der Waals surface area contributed by atoms with Gasteiger partial charge in [-0.1, -0.05) is 324 Å². The molecule has 73 heavy (non-hydrogen) atoms. The van der Waals surface area contributed by atoms with Gasteiger partial charge in [0.25, 0.3) is 0 Å². The zero-order chi connectivity index (χ0) is 53.3. The van der Waals surface area contributed by atoms with Gasteiger partial charge in [0.1, 0.15) is 0 Å². The molecule has 0 unspecified atom stereocenters. The summed E-state index contributed by atoms with van der Waals surface area (Å²) in [5.74, 6) is 0. The standard InChI is InChI=1S/C60H125O10P3/c1-6-11-16-21-26-31-36-41-46-51-56-64-71(61,65-57-52-47-42-37-32-27-22-17-12-7-2)69-73(63,68-60-55-50-45-40-35-30-25-20-15-10-5)70-72(62,66-58-53-48-43-38-33-28-23-18-13-8-3)67-59-54-49-44-39-34-29-24-19-14-9-4/h6-60H2,1-5H3. The minimum atomic E-state index is -4.90. The van der Waals surface area contributed by atoms with Crippen LogP contribution in [0.2, 0.25) is 0 Å². The van der Waals surface area contributed by atoms with Crippen LogP contribution in [0.4, 0.5) is 0 Å². The molecule has 0 N–H and O–H groups in total. The first-order chi connectivity index (χ1) is 35.7. The molecule has 0 aliphatic rings. The molecular formula is C60H125O10P3. The minimum Gasteiger partial charge on any atom is -0.287 e. The Morgan fingerprint density at radius 3 is 0.452 bits per heavy atom. The van der Waals surface area contributed by atoms with Gasteiger partial charge in [-0.2, -0.15) is 8.62 Å². The molecule has 0 rings (SSSR count). The highest BCUT2D eigenvalue weighted by Crippen LogP contribution is 2.73. The van der Waals surface area contributed by atoms with E-state index in [9.17, 15) is 13.7 Å². The SMILES string of the molecule is CCCCCCCCCCCCOP(=O)(OCCCCCCCCCCCC)OP(=O)(OCCCCCCCCCCCC)OP(=O)(OCCCCCCCCCCCC)OCCCCCCCCCCCC. The first-order valence-corrected chi connectivity index (χ1v) is 36.6. The largest absolute Gasteiger partial charge is 0.492 e. The van der Waals surface area contributed by atoms with Gasteiger partial charge in [0.2, 0.25) is 0 Å². The highest BCUT2D eigenvalue weighted by atomic mass is 31.3. The van der Waals surface area contributed by atoms with E-state index in [4.69, 9.17) is 31.2 Å². The molecule has 0 atom stereocenters. The lowest BCUT2D eigenvalue weighted by molar-refractivity contribution is 0.105. The molecule has 0 aromatic rings. The molecule has 0 amide bonds. The van der Waals surface area contributed by atoms with E-state index in [0.29, 0.717) is 32.1 Å². The summed E-state index contributed by atoms with van der Waals surface area (Å²) in [6.45, 7) is 11.6. The van der Waals surface area contributed by atoms with Gasteiger partial charge in [-0.3, -0.25) is 22.6 Å². The van der Waals surface area contributed by atoms with Crippen molar-refractivity contribution >= 4 is 23.5 Å². The van der Waals surface area contributed by atoms with Gasteiger partial charge in [-0.05, 0) is 32.1 Å². The second kappa shape index (κ2) is 57.1. The van der Waals surface area contributed by atoms with E-state index in [1.54, 1.807) is 0 Å². The van der Waals surface area contributed by atoms with Gasteiger partial charge in [0, 0.05) is 0 Å². The Kier molecular flexibility index (Phi) is 57.4. The molecule has 0 aromatic heterocycles. The van der Waals surface area contributed by atoms with E-state index in [-0.39, 0.29) is 33.0 Å². The summed E-state index contributed by atoms with van der Waals surface area (Å²) in [5.41, 5.74) is 0.